The summed E-state index contributed by atoms with van der Waals surface area (Å²) in [4.78, 5) is 15.6. The first-order valence-corrected chi connectivity index (χ1v) is 19.4. The Morgan fingerprint density at radius 1 is 0.276 bits per heavy atom. The number of furan rings is 2. The topological polar surface area (TPSA) is 65.0 Å². The zero-order chi connectivity index (χ0) is 38.2. The van der Waals surface area contributed by atoms with Gasteiger partial charge in [-0.25, -0.2) is 15.0 Å². The fourth-order valence-corrected chi connectivity index (χ4v) is 8.63. The number of nitrogens with zero attached hydrogens (tertiary/aromatic N) is 3. The van der Waals surface area contributed by atoms with Crippen LogP contribution in [0.25, 0.3) is 122 Å². The molecule has 0 saturated heterocycles. The average molecular weight is 742 g/mol. The molecule has 0 spiro atoms. The molecule has 0 N–H and O–H groups in total. The molecule has 5 heteroatoms. The Bertz CT molecular complexity index is 3580. The highest BCUT2D eigenvalue weighted by molar-refractivity contribution is 6.18. The molecule has 9 aromatic carbocycles. The predicted octanol–water partition coefficient (Wildman–Crippen LogP) is 14.3. The van der Waals surface area contributed by atoms with E-state index in [2.05, 4.69) is 115 Å². The van der Waals surface area contributed by atoms with Gasteiger partial charge in [0.15, 0.2) is 17.5 Å². The lowest BCUT2D eigenvalue weighted by atomic mass is 9.89. The summed E-state index contributed by atoms with van der Waals surface area (Å²) < 4.78 is 12.9. The van der Waals surface area contributed by atoms with Crippen LogP contribution in [0.15, 0.2) is 197 Å². The summed E-state index contributed by atoms with van der Waals surface area (Å²) in [6.45, 7) is 0. The molecule has 0 radical (unpaired) electrons. The second kappa shape index (κ2) is 12.8. The Labute approximate surface area is 332 Å². The van der Waals surface area contributed by atoms with Gasteiger partial charge in [0.2, 0.25) is 0 Å². The molecule has 0 saturated carbocycles. The van der Waals surface area contributed by atoms with E-state index in [1.807, 2.05) is 72.8 Å². The van der Waals surface area contributed by atoms with Gasteiger partial charge >= 0.3 is 0 Å². The van der Waals surface area contributed by atoms with Crippen LogP contribution in [0.2, 0.25) is 0 Å². The van der Waals surface area contributed by atoms with Gasteiger partial charge in [0.05, 0.1) is 0 Å². The van der Waals surface area contributed by atoms with Crippen LogP contribution in [-0.2, 0) is 0 Å². The van der Waals surface area contributed by atoms with Crippen molar-refractivity contribution in [3.63, 3.8) is 0 Å². The van der Waals surface area contributed by atoms with Gasteiger partial charge in [0, 0.05) is 38.2 Å². The van der Waals surface area contributed by atoms with Crippen molar-refractivity contribution in [1.29, 1.82) is 0 Å². The van der Waals surface area contributed by atoms with E-state index in [0.717, 1.165) is 93.6 Å². The normalized spacial score (nSPS) is 11.8. The highest BCUT2D eigenvalue weighted by atomic mass is 16.3. The Morgan fingerprint density at radius 3 is 1.62 bits per heavy atom. The van der Waals surface area contributed by atoms with E-state index in [1.54, 1.807) is 0 Å². The Balaban J connectivity index is 1.10. The van der Waals surface area contributed by atoms with Crippen LogP contribution in [0.1, 0.15) is 0 Å². The molecule has 0 amide bonds. The van der Waals surface area contributed by atoms with Crippen LogP contribution in [0, 0.1) is 0 Å². The molecule has 270 valence electrons. The molecule has 0 unspecified atom stereocenters. The SMILES string of the molecule is c1ccc(-c2nc(-c3ccc(-c4cc(-c5ccc6ccccc6c5)cc5oc6ccccc6c45)c4ccccc34)nc(-c3cccc4oc5ccccc5c34)n2)cc1. The molecule has 0 atom stereocenters. The highest BCUT2D eigenvalue weighted by Crippen LogP contribution is 2.44. The maximum Gasteiger partial charge on any atom is 0.164 e. The van der Waals surface area contributed by atoms with Gasteiger partial charge in [-0.15, -0.1) is 0 Å². The Hall–Kier alpha value is -7.89. The zero-order valence-electron chi connectivity index (χ0n) is 31.1. The van der Waals surface area contributed by atoms with Gasteiger partial charge in [-0.2, -0.15) is 0 Å². The third kappa shape index (κ3) is 5.14. The number of hydrogen-bond donors (Lipinski definition) is 0. The van der Waals surface area contributed by atoms with E-state index in [0.29, 0.717) is 17.5 Å². The smallest absolute Gasteiger partial charge is 0.164 e. The number of rotatable bonds is 5. The molecule has 12 rings (SSSR count). The standard InChI is InChI=1S/C53H31N3O2/c1-2-14-33(15-3-1)51-54-52(56-53(55-51)43-21-12-24-47-49(43)41-19-8-10-22-45(41)57-47)40-28-27-39(37-17-6-7-18-38(37)40)44-30-36(35-26-25-32-13-4-5-16-34(32)29-35)31-48-50(44)42-20-9-11-23-46(42)58-48/h1-31H. The average Bonchev–Trinajstić information content (AvgIpc) is 3.87. The second-order valence-electron chi connectivity index (χ2n) is 14.7. The first-order chi connectivity index (χ1) is 28.7. The largest absolute Gasteiger partial charge is 0.456 e. The van der Waals surface area contributed by atoms with Crippen LogP contribution < -0.4 is 0 Å². The van der Waals surface area contributed by atoms with Crippen LogP contribution in [0.4, 0.5) is 0 Å². The molecule has 3 aromatic heterocycles. The summed E-state index contributed by atoms with van der Waals surface area (Å²) in [7, 11) is 0. The molecule has 0 bridgehead atoms. The lowest BCUT2D eigenvalue weighted by molar-refractivity contribution is 0.668. The maximum absolute atomic E-state index is 6.60. The van der Waals surface area contributed by atoms with Crippen LogP contribution in [-0.4, -0.2) is 15.0 Å². The first kappa shape index (κ1) is 32.4. The van der Waals surface area contributed by atoms with E-state index < -0.39 is 0 Å². The molecule has 0 aliphatic rings. The monoisotopic (exact) mass is 741 g/mol. The quantitative estimate of drug-likeness (QED) is 0.176. The number of aromatic nitrogens is 3. The molecule has 0 aliphatic heterocycles. The van der Waals surface area contributed by atoms with Crippen molar-refractivity contribution in [3.05, 3.63) is 188 Å². The highest BCUT2D eigenvalue weighted by Gasteiger charge is 2.21. The number of hydrogen-bond acceptors (Lipinski definition) is 5. The summed E-state index contributed by atoms with van der Waals surface area (Å²) in [6.07, 6.45) is 0. The molecule has 3 heterocycles. The fourth-order valence-electron chi connectivity index (χ4n) is 8.63. The summed E-state index contributed by atoms with van der Waals surface area (Å²) in [5, 5.41) is 8.73. The number of benzene rings is 9. The molecule has 58 heavy (non-hydrogen) atoms. The molecule has 5 nitrogen and oxygen atoms in total. The van der Waals surface area contributed by atoms with Gasteiger partial charge in [-0.1, -0.05) is 146 Å². The summed E-state index contributed by atoms with van der Waals surface area (Å²) in [5.74, 6) is 1.79. The van der Waals surface area contributed by atoms with Crippen molar-refractivity contribution in [2.24, 2.45) is 0 Å². The van der Waals surface area contributed by atoms with Crippen molar-refractivity contribution < 1.29 is 8.83 Å². The molecular weight excluding hydrogens is 711 g/mol. The maximum atomic E-state index is 6.60. The number of para-hydroxylation sites is 2. The molecule has 12 aromatic rings. The molecule has 0 fully saturated rings. The van der Waals surface area contributed by atoms with Crippen LogP contribution in [0.3, 0.4) is 0 Å². The number of fused-ring (bicyclic) bond motifs is 8. The molecular formula is C53H31N3O2. The summed E-state index contributed by atoms with van der Waals surface area (Å²) in [6, 6.07) is 65.2. The van der Waals surface area contributed by atoms with Gasteiger partial charge in [-0.05, 0) is 86.3 Å². The lowest BCUT2D eigenvalue weighted by Gasteiger charge is -2.15. The van der Waals surface area contributed by atoms with Gasteiger partial charge < -0.3 is 8.83 Å². The second-order valence-corrected chi connectivity index (χ2v) is 14.7. The van der Waals surface area contributed by atoms with Crippen LogP contribution >= 0.6 is 0 Å². The predicted molar refractivity (Wildman–Crippen MR) is 237 cm³/mol. The Kier molecular flexibility index (Phi) is 7.16. The first-order valence-electron chi connectivity index (χ1n) is 19.4. The third-order valence-corrected chi connectivity index (χ3v) is 11.3. The zero-order valence-corrected chi connectivity index (χ0v) is 31.1. The van der Waals surface area contributed by atoms with Crippen LogP contribution in [0.5, 0.6) is 0 Å². The minimum Gasteiger partial charge on any atom is -0.456 e. The third-order valence-electron chi connectivity index (χ3n) is 11.3. The van der Waals surface area contributed by atoms with Gasteiger partial charge in [0.1, 0.15) is 22.3 Å². The van der Waals surface area contributed by atoms with E-state index in [-0.39, 0.29) is 0 Å². The van der Waals surface area contributed by atoms with E-state index >= 15 is 0 Å². The molecule has 0 aliphatic carbocycles. The minimum absolute atomic E-state index is 0.587. The van der Waals surface area contributed by atoms with E-state index in [9.17, 15) is 0 Å². The summed E-state index contributed by atoms with van der Waals surface area (Å²) >= 11 is 0. The van der Waals surface area contributed by atoms with Crippen molar-refractivity contribution >= 4 is 65.4 Å². The Morgan fingerprint density at radius 2 is 0.845 bits per heavy atom. The minimum atomic E-state index is 0.587. The van der Waals surface area contributed by atoms with Crippen molar-refractivity contribution in [3.8, 4) is 56.4 Å². The lowest BCUT2D eigenvalue weighted by Crippen LogP contribution is -2.01. The van der Waals surface area contributed by atoms with Crippen molar-refractivity contribution in [2.45, 2.75) is 0 Å². The van der Waals surface area contributed by atoms with Crippen molar-refractivity contribution in [1.82, 2.24) is 15.0 Å². The fraction of sp³-hybridized carbons (Fsp3) is 0. The van der Waals surface area contributed by atoms with E-state index in [1.165, 1.54) is 10.8 Å². The van der Waals surface area contributed by atoms with E-state index in [4.69, 9.17) is 23.8 Å². The van der Waals surface area contributed by atoms with Gasteiger partial charge in [0.25, 0.3) is 0 Å². The van der Waals surface area contributed by atoms with Crippen molar-refractivity contribution in [2.75, 3.05) is 0 Å². The summed E-state index contributed by atoms with van der Waals surface area (Å²) in [5.41, 5.74) is 10.5. The van der Waals surface area contributed by atoms with Gasteiger partial charge in [-0.3, -0.25) is 0 Å².